The number of carbonyl (C=O) groups excluding carboxylic acids is 1. The Bertz CT molecular complexity index is 554. The van der Waals surface area contributed by atoms with E-state index in [4.69, 9.17) is 5.73 Å². The van der Waals surface area contributed by atoms with E-state index in [2.05, 4.69) is 4.98 Å². The van der Waals surface area contributed by atoms with Gasteiger partial charge in [-0.3, -0.25) is 9.20 Å². The van der Waals surface area contributed by atoms with Crippen molar-refractivity contribution in [3.05, 3.63) is 34.8 Å². The molecule has 2 heterocycles. The molecule has 0 spiro atoms. The van der Waals surface area contributed by atoms with Crippen molar-refractivity contribution in [1.29, 1.82) is 0 Å². The molecule has 0 bridgehead atoms. The third-order valence-corrected chi connectivity index (χ3v) is 2.68. The molecule has 2 aromatic heterocycles. The fourth-order valence-corrected chi connectivity index (χ4v) is 1.79. The van der Waals surface area contributed by atoms with E-state index < -0.39 is 5.91 Å². The van der Waals surface area contributed by atoms with E-state index in [9.17, 15) is 4.79 Å². The van der Waals surface area contributed by atoms with Crippen LogP contribution in [0.4, 0.5) is 0 Å². The highest BCUT2D eigenvalue weighted by molar-refractivity contribution is 5.93. The van der Waals surface area contributed by atoms with Gasteiger partial charge in [-0.05, 0) is 32.4 Å². The summed E-state index contributed by atoms with van der Waals surface area (Å²) in [6.07, 6.45) is 0. The van der Waals surface area contributed by atoms with Gasteiger partial charge < -0.3 is 5.73 Å². The lowest BCUT2D eigenvalue weighted by molar-refractivity contribution is 0.0993. The number of pyridine rings is 1. The molecule has 4 heteroatoms. The van der Waals surface area contributed by atoms with Crippen LogP contribution in [0.1, 0.15) is 27.4 Å². The maximum absolute atomic E-state index is 11.4. The number of amides is 1. The van der Waals surface area contributed by atoms with Crippen molar-refractivity contribution in [2.45, 2.75) is 20.8 Å². The average molecular weight is 203 g/mol. The van der Waals surface area contributed by atoms with E-state index in [1.807, 2.05) is 37.3 Å². The summed E-state index contributed by atoms with van der Waals surface area (Å²) in [7, 11) is 0. The summed E-state index contributed by atoms with van der Waals surface area (Å²) in [6, 6.07) is 3.75. The molecular formula is C11H13N3O. The average Bonchev–Trinajstić information content (AvgIpc) is 2.44. The van der Waals surface area contributed by atoms with E-state index in [0.29, 0.717) is 5.69 Å². The fraction of sp³-hybridized carbons (Fsp3) is 0.273. The highest BCUT2D eigenvalue weighted by Gasteiger charge is 2.14. The van der Waals surface area contributed by atoms with Crippen LogP contribution in [-0.2, 0) is 0 Å². The molecule has 2 N–H and O–H groups in total. The number of nitrogens with two attached hydrogens (primary N) is 1. The van der Waals surface area contributed by atoms with Crippen LogP contribution in [0.2, 0.25) is 0 Å². The molecule has 78 valence electrons. The second-order valence-electron chi connectivity index (χ2n) is 3.71. The van der Waals surface area contributed by atoms with Gasteiger partial charge in [0.1, 0.15) is 11.3 Å². The molecule has 0 saturated heterocycles. The number of aromatic nitrogens is 2. The first-order chi connectivity index (χ1) is 7.02. The monoisotopic (exact) mass is 203 g/mol. The number of carbonyl (C=O) groups is 1. The predicted octanol–water partition coefficient (Wildman–Crippen LogP) is 1.36. The summed E-state index contributed by atoms with van der Waals surface area (Å²) >= 11 is 0. The van der Waals surface area contributed by atoms with Gasteiger partial charge in [-0.2, -0.15) is 0 Å². The van der Waals surface area contributed by atoms with Gasteiger partial charge >= 0.3 is 0 Å². The molecule has 0 aromatic carbocycles. The minimum atomic E-state index is -0.418. The van der Waals surface area contributed by atoms with Crippen molar-refractivity contribution in [3.8, 4) is 0 Å². The third-order valence-electron chi connectivity index (χ3n) is 2.68. The first-order valence-electron chi connectivity index (χ1n) is 4.77. The summed E-state index contributed by atoms with van der Waals surface area (Å²) in [5, 5.41) is 0. The number of hydrogen-bond acceptors (Lipinski definition) is 2. The maximum Gasteiger partial charge on any atom is 0.266 e. The van der Waals surface area contributed by atoms with Crippen molar-refractivity contribution >= 4 is 11.6 Å². The largest absolute Gasteiger partial charge is 0.364 e. The zero-order chi connectivity index (χ0) is 11.2. The number of imidazole rings is 1. The van der Waals surface area contributed by atoms with E-state index in [1.165, 1.54) is 0 Å². The first kappa shape index (κ1) is 9.71. The number of nitrogens with zero attached hydrogens (tertiary/aromatic N) is 2. The van der Waals surface area contributed by atoms with Crippen molar-refractivity contribution in [2.75, 3.05) is 0 Å². The number of hydrogen-bond donors (Lipinski definition) is 1. The Hall–Kier alpha value is -1.84. The van der Waals surface area contributed by atoms with Crippen LogP contribution in [0, 0.1) is 20.8 Å². The molecule has 15 heavy (non-hydrogen) atoms. The van der Waals surface area contributed by atoms with Gasteiger partial charge in [-0.15, -0.1) is 0 Å². The molecular weight excluding hydrogens is 190 g/mol. The highest BCUT2D eigenvalue weighted by Crippen LogP contribution is 2.16. The summed E-state index contributed by atoms with van der Waals surface area (Å²) in [5.74, 6) is -0.418. The first-order valence-corrected chi connectivity index (χ1v) is 4.77. The molecule has 4 nitrogen and oxygen atoms in total. The lowest BCUT2D eigenvalue weighted by atomic mass is 10.2. The lowest BCUT2D eigenvalue weighted by Crippen LogP contribution is -2.18. The van der Waals surface area contributed by atoms with Crippen LogP contribution in [0.5, 0.6) is 0 Å². The maximum atomic E-state index is 11.4. The molecule has 2 aromatic rings. The minimum absolute atomic E-state index is 0.418. The van der Waals surface area contributed by atoms with Gasteiger partial charge in [0.15, 0.2) is 0 Å². The Morgan fingerprint density at radius 3 is 2.60 bits per heavy atom. The Morgan fingerprint density at radius 2 is 2.00 bits per heavy atom. The van der Waals surface area contributed by atoms with Crippen LogP contribution < -0.4 is 5.73 Å². The van der Waals surface area contributed by atoms with Gasteiger partial charge in [-0.25, -0.2) is 4.98 Å². The van der Waals surface area contributed by atoms with Gasteiger partial charge in [0.05, 0.1) is 5.69 Å². The normalized spacial score (nSPS) is 10.9. The van der Waals surface area contributed by atoms with Crippen LogP contribution in [-0.4, -0.2) is 15.3 Å². The topological polar surface area (TPSA) is 60.4 Å². The van der Waals surface area contributed by atoms with Gasteiger partial charge in [0.2, 0.25) is 0 Å². The fourth-order valence-electron chi connectivity index (χ4n) is 1.79. The van der Waals surface area contributed by atoms with Gasteiger partial charge in [-0.1, -0.05) is 6.07 Å². The Balaban J connectivity index is 2.97. The van der Waals surface area contributed by atoms with Crippen molar-refractivity contribution in [2.24, 2.45) is 5.73 Å². The Kier molecular flexibility index (Phi) is 2.00. The highest BCUT2D eigenvalue weighted by atomic mass is 16.1. The van der Waals surface area contributed by atoms with Gasteiger partial charge in [0, 0.05) is 5.69 Å². The summed E-state index contributed by atoms with van der Waals surface area (Å²) in [6.45, 7) is 5.72. The molecule has 0 aliphatic carbocycles. The van der Waals surface area contributed by atoms with Crippen molar-refractivity contribution in [3.63, 3.8) is 0 Å². The Labute approximate surface area is 87.7 Å². The molecule has 0 atom stereocenters. The number of rotatable bonds is 1. The molecule has 0 aliphatic rings. The molecule has 0 saturated carbocycles. The van der Waals surface area contributed by atoms with Crippen molar-refractivity contribution < 1.29 is 4.79 Å². The SMILES string of the molecule is Cc1ccc2nc(C)c(C)n2c1C(N)=O. The standard InChI is InChI=1S/C11H13N3O/c1-6-4-5-9-13-7(2)8(3)14(9)10(6)11(12)15/h4-5H,1-3H3,(H2,12,15). The predicted molar refractivity (Wildman–Crippen MR) is 57.9 cm³/mol. The molecule has 0 aliphatic heterocycles. The van der Waals surface area contributed by atoms with Crippen LogP contribution in [0.3, 0.4) is 0 Å². The van der Waals surface area contributed by atoms with E-state index >= 15 is 0 Å². The summed E-state index contributed by atoms with van der Waals surface area (Å²) < 4.78 is 1.81. The molecule has 1 amide bonds. The van der Waals surface area contributed by atoms with E-state index in [1.54, 1.807) is 0 Å². The van der Waals surface area contributed by atoms with E-state index in [-0.39, 0.29) is 0 Å². The zero-order valence-corrected chi connectivity index (χ0v) is 9.03. The minimum Gasteiger partial charge on any atom is -0.364 e. The molecule has 0 fully saturated rings. The van der Waals surface area contributed by atoms with Crippen molar-refractivity contribution in [1.82, 2.24) is 9.38 Å². The number of aryl methyl sites for hydroxylation is 3. The van der Waals surface area contributed by atoms with E-state index in [0.717, 1.165) is 22.6 Å². The van der Waals surface area contributed by atoms with Crippen LogP contribution in [0.15, 0.2) is 12.1 Å². The number of fused-ring (bicyclic) bond motifs is 1. The summed E-state index contributed by atoms with van der Waals surface area (Å²) in [4.78, 5) is 15.7. The second kappa shape index (κ2) is 3.08. The molecule has 0 unspecified atom stereocenters. The quantitative estimate of drug-likeness (QED) is 0.760. The summed E-state index contributed by atoms with van der Waals surface area (Å²) in [5.41, 5.74) is 9.41. The number of primary amides is 1. The zero-order valence-electron chi connectivity index (χ0n) is 9.03. The smallest absolute Gasteiger partial charge is 0.266 e. The van der Waals surface area contributed by atoms with Gasteiger partial charge in [0.25, 0.3) is 5.91 Å². The Morgan fingerprint density at radius 1 is 1.33 bits per heavy atom. The molecule has 2 rings (SSSR count). The molecule has 0 radical (unpaired) electrons. The lowest BCUT2D eigenvalue weighted by Gasteiger charge is -2.06. The third kappa shape index (κ3) is 1.29. The van der Waals surface area contributed by atoms with Crippen LogP contribution >= 0.6 is 0 Å². The van der Waals surface area contributed by atoms with Crippen LogP contribution in [0.25, 0.3) is 5.65 Å². The second-order valence-corrected chi connectivity index (χ2v) is 3.71.